The van der Waals surface area contributed by atoms with Crippen LogP contribution < -0.4 is 10.1 Å². The first-order valence-corrected chi connectivity index (χ1v) is 7.18. The van der Waals surface area contributed by atoms with E-state index in [1.165, 1.54) is 11.1 Å². The van der Waals surface area contributed by atoms with Gasteiger partial charge in [0.1, 0.15) is 12.4 Å². The number of hydrogen-bond acceptors (Lipinski definition) is 2. The Labute approximate surface area is 129 Å². The van der Waals surface area contributed by atoms with Gasteiger partial charge < -0.3 is 10.1 Å². The Hall–Kier alpha value is -2.00. The summed E-state index contributed by atoms with van der Waals surface area (Å²) in [6, 6.07) is 12.7. The van der Waals surface area contributed by atoms with Crippen LogP contribution >= 0.6 is 11.6 Å². The number of ether oxygens (including phenoxy) is 1. The molecule has 2 aromatic rings. The zero-order valence-electron chi connectivity index (χ0n) is 12.2. The van der Waals surface area contributed by atoms with Gasteiger partial charge in [0.15, 0.2) is 0 Å². The molecule has 0 fully saturated rings. The standard InChI is InChI=1S/C17H18ClNO2/c1-12-3-8-16(11-13(12)2)21-10-9-19-17(20)14-4-6-15(18)7-5-14/h3-8,11H,9-10H2,1-2H3,(H,19,20). The van der Waals surface area contributed by atoms with Crippen LogP contribution in [0.3, 0.4) is 0 Å². The number of halogens is 1. The van der Waals surface area contributed by atoms with Crippen molar-refractivity contribution in [1.82, 2.24) is 5.32 Å². The van der Waals surface area contributed by atoms with Crippen molar-refractivity contribution in [1.29, 1.82) is 0 Å². The molecule has 0 aliphatic carbocycles. The number of hydrogen-bond donors (Lipinski definition) is 1. The lowest BCUT2D eigenvalue weighted by atomic mass is 10.1. The lowest BCUT2D eigenvalue weighted by molar-refractivity contribution is 0.0947. The second-order valence-corrected chi connectivity index (χ2v) is 5.29. The summed E-state index contributed by atoms with van der Waals surface area (Å²) in [5, 5.41) is 3.42. The highest BCUT2D eigenvalue weighted by atomic mass is 35.5. The summed E-state index contributed by atoms with van der Waals surface area (Å²) in [5.41, 5.74) is 3.02. The van der Waals surface area contributed by atoms with Crippen LogP contribution in [0, 0.1) is 13.8 Å². The highest BCUT2D eigenvalue weighted by molar-refractivity contribution is 6.30. The van der Waals surface area contributed by atoms with Crippen LogP contribution in [0.25, 0.3) is 0 Å². The molecule has 21 heavy (non-hydrogen) atoms. The Bertz CT molecular complexity index is 623. The van der Waals surface area contributed by atoms with Crippen LogP contribution in [0.1, 0.15) is 21.5 Å². The van der Waals surface area contributed by atoms with Crippen LogP contribution in [-0.2, 0) is 0 Å². The molecule has 3 nitrogen and oxygen atoms in total. The first kappa shape index (κ1) is 15.4. The van der Waals surface area contributed by atoms with Gasteiger partial charge in [0, 0.05) is 10.6 Å². The van der Waals surface area contributed by atoms with Crippen molar-refractivity contribution in [3.8, 4) is 5.75 Å². The predicted molar refractivity (Wildman–Crippen MR) is 85.2 cm³/mol. The molecular weight excluding hydrogens is 286 g/mol. The molecule has 0 radical (unpaired) electrons. The molecule has 0 saturated carbocycles. The monoisotopic (exact) mass is 303 g/mol. The number of benzene rings is 2. The van der Waals surface area contributed by atoms with Crippen molar-refractivity contribution in [2.75, 3.05) is 13.2 Å². The summed E-state index contributed by atoms with van der Waals surface area (Å²) in [6.07, 6.45) is 0. The molecule has 0 bridgehead atoms. The fourth-order valence-corrected chi connectivity index (χ4v) is 1.97. The zero-order valence-corrected chi connectivity index (χ0v) is 12.9. The molecule has 0 aliphatic rings. The van der Waals surface area contributed by atoms with Crippen LogP contribution in [0.5, 0.6) is 5.75 Å². The topological polar surface area (TPSA) is 38.3 Å². The average Bonchev–Trinajstić information content (AvgIpc) is 2.47. The summed E-state index contributed by atoms with van der Waals surface area (Å²) in [6.45, 7) is 4.99. The van der Waals surface area contributed by atoms with E-state index in [9.17, 15) is 4.79 Å². The maximum atomic E-state index is 11.9. The number of carbonyl (C=O) groups excluding carboxylic acids is 1. The molecule has 1 amide bonds. The second-order valence-electron chi connectivity index (χ2n) is 4.86. The Morgan fingerprint density at radius 3 is 2.48 bits per heavy atom. The van der Waals surface area contributed by atoms with Gasteiger partial charge in [0.2, 0.25) is 0 Å². The first-order valence-electron chi connectivity index (χ1n) is 6.80. The zero-order chi connectivity index (χ0) is 15.2. The molecule has 0 unspecified atom stereocenters. The van der Waals surface area contributed by atoms with Crippen LogP contribution in [0.4, 0.5) is 0 Å². The average molecular weight is 304 g/mol. The molecule has 0 spiro atoms. The van der Waals surface area contributed by atoms with E-state index in [2.05, 4.69) is 12.2 Å². The molecule has 2 rings (SSSR count). The normalized spacial score (nSPS) is 10.2. The van der Waals surface area contributed by atoms with Gasteiger partial charge >= 0.3 is 0 Å². The number of aryl methyl sites for hydroxylation is 2. The third-order valence-corrected chi connectivity index (χ3v) is 3.49. The van der Waals surface area contributed by atoms with E-state index >= 15 is 0 Å². The minimum absolute atomic E-state index is 0.129. The Morgan fingerprint density at radius 2 is 1.81 bits per heavy atom. The predicted octanol–water partition coefficient (Wildman–Crippen LogP) is 3.77. The van der Waals surface area contributed by atoms with Gasteiger partial charge in [0.05, 0.1) is 6.54 Å². The number of nitrogens with one attached hydrogen (secondary N) is 1. The van der Waals surface area contributed by atoms with Gasteiger partial charge in [-0.15, -0.1) is 0 Å². The molecule has 1 N–H and O–H groups in total. The minimum atomic E-state index is -0.129. The number of rotatable bonds is 5. The fourth-order valence-electron chi connectivity index (χ4n) is 1.84. The number of amides is 1. The molecule has 0 aromatic heterocycles. The second kappa shape index (κ2) is 7.14. The molecule has 0 aliphatic heterocycles. The Morgan fingerprint density at radius 1 is 1.10 bits per heavy atom. The molecular formula is C17H18ClNO2. The van der Waals surface area contributed by atoms with E-state index in [1.807, 2.05) is 25.1 Å². The van der Waals surface area contributed by atoms with Gasteiger partial charge in [-0.1, -0.05) is 17.7 Å². The molecule has 0 saturated heterocycles. The summed E-state index contributed by atoms with van der Waals surface area (Å²) in [4.78, 5) is 11.9. The molecule has 110 valence electrons. The van der Waals surface area contributed by atoms with Crippen LogP contribution in [0.2, 0.25) is 5.02 Å². The summed E-state index contributed by atoms with van der Waals surface area (Å²) < 4.78 is 5.61. The molecule has 4 heteroatoms. The first-order chi connectivity index (χ1) is 10.1. The van der Waals surface area contributed by atoms with Gasteiger partial charge in [-0.2, -0.15) is 0 Å². The van der Waals surface area contributed by atoms with Gasteiger partial charge in [-0.25, -0.2) is 0 Å². The smallest absolute Gasteiger partial charge is 0.251 e. The summed E-state index contributed by atoms with van der Waals surface area (Å²) in [7, 11) is 0. The third kappa shape index (κ3) is 4.50. The Kier molecular flexibility index (Phi) is 5.23. The summed E-state index contributed by atoms with van der Waals surface area (Å²) in [5.74, 6) is 0.689. The molecule has 0 atom stereocenters. The van der Waals surface area contributed by atoms with Crippen molar-refractivity contribution in [3.05, 3.63) is 64.2 Å². The van der Waals surface area contributed by atoms with Gasteiger partial charge in [0.25, 0.3) is 5.91 Å². The van der Waals surface area contributed by atoms with Crippen molar-refractivity contribution in [2.45, 2.75) is 13.8 Å². The maximum Gasteiger partial charge on any atom is 0.251 e. The quantitative estimate of drug-likeness (QED) is 0.854. The highest BCUT2D eigenvalue weighted by Gasteiger charge is 2.04. The highest BCUT2D eigenvalue weighted by Crippen LogP contribution is 2.16. The maximum absolute atomic E-state index is 11.9. The van der Waals surface area contributed by atoms with E-state index in [-0.39, 0.29) is 5.91 Å². The van der Waals surface area contributed by atoms with Crippen molar-refractivity contribution in [3.63, 3.8) is 0 Å². The van der Waals surface area contributed by atoms with Crippen LogP contribution in [0.15, 0.2) is 42.5 Å². The van der Waals surface area contributed by atoms with E-state index in [1.54, 1.807) is 24.3 Å². The van der Waals surface area contributed by atoms with E-state index in [4.69, 9.17) is 16.3 Å². The largest absolute Gasteiger partial charge is 0.492 e. The van der Waals surface area contributed by atoms with Crippen molar-refractivity contribution >= 4 is 17.5 Å². The Balaban J connectivity index is 1.77. The SMILES string of the molecule is Cc1ccc(OCCNC(=O)c2ccc(Cl)cc2)cc1C. The van der Waals surface area contributed by atoms with E-state index in [0.29, 0.717) is 23.7 Å². The fraction of sp³-hybridized carbons (Fsp3) is 0.235. The lowest BCUT2D eigenvalue weighted by Crippen LogP contribution is -2.28. The minimum Gasteiger partial charge on any atom is -0.492 e. The van der Waals surface area contributed by atoms with E-state index < -0.39 is 0 Å². The van der Waals surface area contributed by atoms with Crippen molar-refractivity contribution in [2.24, 2.45) is 0 Å². The molecule has 2 aromatic carbocycles. The summed E-state index contributed by atoms with van der Waals surface area (Å²) >= 11 is 5.78. The van der Waals surface area contributed by atoms with Crippen molar-refractivity contribution < 1.29 is 9.53 Å². The van der Waals surface area contributed by atoms with Crippen LogP contribution in [-0.4, -0.2) is 19.1 Å². The van der Waals surface area contributed by atoms with Gasteiger partial charge in [-0.3, -0.25) is 4.79 Å². The van der Waals surface area contributed by atoms with E-state index in [0.717, 1.165) is 5.75 Å². The molecule has 0 heterocycles. The third-order valence-electron chi connectivity index (χ3n) is 3.24. The van der Waals surface area contributed by atoms with Gasteiger partial charge in [-0.05, 0) is 61.4 Å². The lowest BCUT2D eigenvalue weighted by Gasteiger charge is -2.09. The number of carbonyl (C=O) groups is 1.